The van der Waals surface area contributed by atoms with E-state index in [0.717, 1.165) is 0 Å². The van der Waals surface area contributed by atoms with E-state index in [1.54, 1.807) is 20.8 Å². The number of hydrogen-bond donors (Lipinski definition) is 2. The van der Waals surface area contributed by atoms with Crippen molar-refractivity contribution in [2.75, 3.05) is 6.16 Å². The van der Waals surface area contributed by atoms with Gasteiger partial charge in [-0.05, 0) is 26.9 Å². The van der Waals surface area contributed by atoms with E-state index in [9.17, 15) is 9.59 Å². The van der Waals surface area contributed by atoms with Crippen LogP contribution in [0.3, 0.4) is 0 Å². The number of carbonyl (C=O) groups is 2. The lowest BCUT2D eigenvalue weighted by atomic mass is 10.2. The number of alkyl carbamates (subject to hydrolysis) is 1. The summed E-state index contributed by atoms with van der Waals surface area (Å²) in [7, 11) is 2.25. The van der Waals surface area contributed by atoms with Gasteiger partial charge in [0.1, 0.15) is 11.6 Å². The normalized spacial score (nSPS) is 13.1. The van der Waals surface area contributed by atoms with Crippen LogP contribution in [0.5, 0.6) is 0 Å². The van der Waals surface area contributed by atoms with Crippen LogP contribution in [0.1, 0.15) is 20.8 Å². The van der Waals surface area contributed by atoms with Gasteiger partial charge in [0.05, 0.1) is 0 Å². The molecule has 0 aromatic heterocycles. The van der Waals surface area contributed by atoms with Crippen molar-refractivity contribution in [2.45, 2.75) is 32.4 Å². The number of carboxylic acids is 1. The van der Waals surface area contributed by atoms with Crippen LogP contribution in [0.15, 0.2) is 0 Å². The first-order valence-corrected chi connectivity index (χ1v) is 5.00. The monoisotopic (exact) mass is 221 g/mol. The predicted molar refractivity (Wildman–Crippen MR) is 55.4 cm³/mol. The number of carbonyl (C=O) groups excluding carboxylic acids is 1. The maximum atomic E-state index is 11.1. The van der Waals surface area contributed by atoms with Gasteiger partial charge in [-0.15, -0.1) is 9.24 Å². The zero-order chi connectivity index (χ0) is 11.4. The predicted octanol–water partition coefficient (Wildman–Crippen LogP) is 0.839. The average Bonchev–Trinajstić information content (AvgIpc) is 1.96. The summed E-state index contributed by atoms with van der Waals surface area (Å²) in [5.41, 5.74) is -0.617. The first kappa shape index (κ1) is 13.2. The van der Waals surface area contributed by atoms with Crippen molar-refractivity contribution < 1.29 is 19.4 Å². The highest BCUT2D eigenvalue weighted by Crippen LogP contribution is 2.07. The fourth-order valence-corrected chi connectivity index (χ4v) is 0.991. The van der Waals surface area contributed by atoms with Crippen molar-refractivity contribution in [1.82, 2.24) is 5.32 Å². The van der Waals surface area contributed by atoms with Gasteiger partial charge in [-0.25, -0.2) is 9.59 Å². The average molecular weight is 221 g/mol. The number of hydrogen-bond acceptors (Lipinski definition) is 3. The Morgan fingerprint density at radius 1 is 1.50 bits per heavy atom. The molecule has 14 heavy (non-hydrogen) atoms. The van der Waals surface area contributed by atoms with Crippen LogP contribution in [0.2, 0.25) is 0 Å². The molecular weight excluding hydrogens is 205 g/mol. The fraction of sp³-hybridized carbons (Fsp3) is 0.750. The first-order valence-electron chi connectivity index (χ1n) is 4.18. The molecule has 0 aromatic carbocycles. The van der Waals surface area contributed by atoms with Crippen LogP contribution in [0, 0.1) is 0 Å². The van der Waals surface area contributed by atoms with Crippen LogP contribution in [-0.4, -0.2) is 35.0 Å². The van der Waals surface area contributed by atoms with Crippen LogP contribution in [0.25, 0.3) is 0 Å². The molecule has 0 radical (unpaired) electrons. The summed E-state index contributed by atoms with van der Waals surface area (Å²) in [6.07, 6.45) is -0.471. The van der Waals surface area contributed by atoms with Crippen molar-refractivity contribution in [3.8, 4) is 0 Å². The molecule has 1 amide bonds. The van der Waals surface area contributed by atoms with Gasteiger partial charge in [-0.1, -0.05) is 0 Å². The second-order valence-electron chi connectivity index (χ2n) is 3.77. The summed E-state index contributed by atoms with van der Waals surface area (Å²) in [5, 5.41) is 10.9. The van der Waals surface area contributed by atoms with Crippen LogP contribution >= 0.6 is 9.24 Å². The fourth-order valence-electron chi connectivity index (χ4n) is 0.671. The van der Waals surface area contributed by atoms with Gasteiger partial charge in [0.15, 0.2) is 0 Å². The Kier molecular flexibility index (Phi) is 4.85. The van der Waals surface area contributed by atoms with E-state index in [1.165, 1.54) is 0 Å². The highest BCUT2D eigenvalue weighted by atomic mass is 31.0. The number of ether oxygens (including phenoxy) is 1. The van der Waals surface area contributed by atoms with Crippen LogP contribution in [0.4, 0.5) is 4.79 Å². The molecule has 0 spiro atoms. The number of carboxylic acid groups (broad SMARTS) is 1. The van der Waals surface area contributed by atoms with Crippen molar-refractivity contribution in [2.24, 2.45) is 0 Å². The quantitative estimate of drug-likeness (QED) is 0.692. The van der Waals surface area contributed by atoms with Crippen molar-refractivity contribution in [3.63, 3.8) is 0 Å². The standard InChI is InChI=1S/C8H16NO4P/c1-8(2,3)13-7(12)9-5(4-14)6(10)11/h5H,4,14H2,1-3H3,(H,9,12)(H,10,11)/t5-/m0/s1. The molecular formula is C8H16NO4P. The first-order chi connectivity index (χ1) is 6.26. The van der Waals surface area contributed by atoms with Gasteiger partial charge in [0.2, 0.25) is 0 Å². The molecule has 82 valence electrons. The largest absolute Gasteiger partial charge is 0.480 e. The Hall–Kier alpha value is -0.830. The molecule has 0 bridgehead atoms. The molecule has 0 fully saturated rings. The van der Waals surface area contributed by atoms with E-state index in [4.69, 9.17) is 9.84 Å². The summed E-state index contributed by atoms with van der Waals surface area (Å²) in [6, 6.07) is -0.921. The minimum absolute atomic E-state index is 0.245. The molecule has 6 heteroatoms. The van der Waals surface area contributed by atoms with E-state index in [2.05, 4.69) is 14.6 Å². The van der Waals surface area contributed by atoms with E-state index in [1.807, 2.05) is 0 Å². The molecule has 0 saturated heterocycles. The van der Waals surface area contributed by atoms with Gasteiger partial charge in [0, 0.05) is 0 Å². The maximum absolute atomic E-state index is 11.1. The van der Waals surface area contributed by atoms with Gasteiger partial charge < -0.3 is 15.2 Å². The van der Waals surface area contributed by atoms with Gasteiger partial charge >= 0.3 is 12.1 Å². The van der Waals surface area contributed by atoms with Crippen molar-refractivity contribution in [3.05, 3.63) is 0 Å². The lowest BCUT2D eigenvalue weighted by Gasteiger charge is -2.21. The maximum Gasteiger partial charge on any atom is 0.408 e. The molecule has 2 atom stereocenters. The number of aliphatic carboxylic acids is 1. The van der Waals surface area contributed by atoms with Gasteiger partial charge in [0.25, 0.3) is 0 Å². The Morgan fingerprint density at radius 2 is 2.00 bits per heavy atom. The summed E-state index contributed by atoms with van der Waals surface area (Å²) < 4.78 is 4.90. The van der Waals surface area contributed by atoms with E-state index in [-0.39, 0.29) is 6.16 Å². The third kappa shape index (κ3) is 5.75. The third-order valence-electron chi connectivity index (χ3n) is 1.22. The molecule has 0 aliphatic carbocycles. The number of nitrogens with one attached hydrogen (secondary N) is 1. The smallest absolute Gasteiger partial charge is 0.408 e. The number of rotatable bonds is 3. The molecule has 0 rings (SSSR count). The van der Waals surface area contributed by atoms with E-state index < -0.39 is 23.7 Å². The zero-order valence-electron chi connectivity index (χ0n) is 8.53. The van der Waals surface area contributed by atoms with Gasteiger partial charge in [-0.3, -0.25) is 0 Å². The topological polar surface area (TPSA) is 75.6 Å². The highest BCUT2D eigenvalue weighted by molar-refractivity contribution is 7.16. The molecule has 0 aliphatic rings. The van der Waals surface area contributed by atoms with Crippen LogP contribution < -0.4 is 5.32 Å². The highest BCUT2D eigenvalue weighted by Gasteiger charge is 2.22. The van der Waals surface area contributed by atoms with Crippen molar-refractivity contribution in [1.29, 1.82) is 0 Å². The van der Waals surface area contributed by atoms with Crippen molar-refractivity contribution >= 4 is 21.3 Å². The Labute approximate surface area is 85.4 Å². The minimum Gasteiger partial charge on any atom is -0.480 e. The summed E-state index contributed by atoms with van der Waals surface area (Å²) >= 11 is 0. The molecule has 0 aliphatic heterocycles. The molecule has 0 heterocycles. The summed E-state index contributed by atoms with van der Waals surface area (Å²) in [4.78, 5) is 21.7. The van der Waals surface area contributed by atoms with Crippen LogP contribution in [-0.2, 0) is 9.53 Å². The second kappa shape index (κ2) is 5.15. The molecule has 0 aromatic rings. The Bertz CT molecular complexity index is 224. The van der Waals surface area contributed by atoms with E-state index >= 15 is 0 Å². The Balaban J connectivity index is 4.11. The zero-order valence-corrected chi connectivity index (χ0v) is 9.69. The molecule has 0 saturated carbocycles. The van der Waals surface area contributed by atoms with E-state index in [0.29, 0.717) is 0 Å². The minimum atomic E-state index is -1.08. The molecule has 5 nitrogen and oxygen atoms in total. The van der Waals surface area contributed by atoms with Gasteiger partial charge in [-0.2, -0.15) is 0 Å². The second-order valence-corrected chi connectivity index (χ2v) is 4.24. The number of amides is 1. The summed E-state index contributed by atoms with van der Waals surface area (Å²) in [6.45, 7) is 5.13. The Morgan fingerprint density at radius 3 is 2.29 bits per heavy atom. The summed E-state index contributed by atoms with van der Waals surface area (Å²) in [5.74, 6) is -1.08. The lowest BCUT2D eigenvalue weighted by molar-refractivity contribution is -0.138. The molecule has 2 N–H and O–H groups in total. The SMILES string of the molecule is CC(C)(C)OC(=O)N[C@@H](CP)C(=O)O. The lowest BCUT2D eigenvalue weighted by Crippen LogP contribution is -2.44. The third-order valence-corrected chi connectivity index (χ3v) is 1.70. The molecule has 1 unspecified atom stereocenters.